The van der Waals surface area contributed by atoms with Crippen molar-refractivity contribution in [2.75, 3.05) is 0 Å². The highest BCUT2D eigenvalue weighted by Crippen LogP contribution is 2.32. The van der Waals surface area contributed by atoms with Crippen LogP contribution in [-0.4, -0.2) is 11.1 Å². The fraction of sp³-hybridized carbons (Fsp3) is 0.133. The average molecular weight is 339 g/mol. The molecule has 0 radical (unpaired) electrons. The molecular formula is C15H12BrFO3. The lowest BCUT2D eigenvalue weighted by atomic mass is 10.1. The topological polar surface area (TPSA) is 46.5 Å². The van der Waals surface area contributed by atoms with Crippen molar-refractivity contribution < 1.29 is 19.0 Å². The van der Waals surface area contributed by atoms with Crippen LogP contribution in [0.2, 0.25) is 0 Å². The van der Waals surface area contributed by atoms with Crippen LogP contribution in [0.15, 0.2) is 34.8 Å². The van der Waals surface area contributed by atoms with Gasteiger partial charge in [-0.25, -0.2) is 9.18 Å². The molecule has 0 saturated carbocycles. The van der Waals surface area contributed by atoms with Gasteiger partial charge in [0, 0.05) is 0 Å². The molecule has 1 N–H and O–H groups in total. The first-order chi connectivity index (χ1) is 9.38. The maximum atomic E-state index is 14.1. The van der Waals surface area contributed by atoms with E-state index >= 15 is 0 Å². The molecule has 0 aliphatic carbocycles. The van der Waals surface area contributed by atoms with Crippen molar-refractivity contribution in [2.24, 2.45) is 0 Å². The zero-order chi connectivity index (χ0) is 14.9. The van der Waals surface area contributed by atoms with E-state index in [1.54, 1.807) is 12.1 Å². The number of aryl methyl sites for hydroxylation is 2. The lowest BCUT2D eigenvalue weighted by molar-refractivity contribution is 0.0695. The predicted octanol–water partition coefficient (Wildman–Crippen LogP) is 4.70. The number of carboxylic acid groups (broad SMARTS) is 1. The number of benzene rings is 2. The van der Waals surface area contributed by atoms with Gasteiger partial charge in [0.25, 0.3) is 0 Å². The summed E-state index contributed by atoms with van der Waals surface area (Å²) in [6.07, 6.45) is 0. The number of halogens is 2. The quantitative estimate of drug-likeness (QED) is 0.882. The number of carbonyl (C=O) groups is 1. The molecule has 2 rings (SSSR count). The zero-order valence-corrected chi connectivity index (χ0v) is 12.5. The van der Waals surface area contributed by atoms with Gasteiger partial charge < -0.3 is 9.84 Å². The summed E-state index contributed by atoms with van der Waals surface area (Å²) >= 11 is 2.94. The van der Waals surface area contributed by atoms with E-state index < -0.39 is 11.8 Å². The van der Waals surface area contributed by atoms with Crippen LogP contribution in [0.4, 0.5) is 4.39 Å². The van der Waals surface area contributed by atoms with Crippen LogP contribution in [0.25, 0.3) is 0 Å². The predicted molar refractivity (Wildman–Crippen MR) is 77.0 cm³/mol. The summed E-state index contributed by atoms with van der Waals surface area (Å²) in [5, 5.41) is 8.91. The fourth-order valence-corrected chi connectivity index (χ4v) is 2.39. The molecule has 0 aromatic heterocycles. The fourth-order valence-electron chi connectivity index (χ4n) is 1.89. The van der Waals surface area contributed by atoms with Gasteiger partial charge in [-0.05, 0) is 65.2 Å². The van der Waals surface area contributed by atoms with E-state index in [4.69, 9.17) is 9.84 Å². The Balaban J connectivity index is 2.39. The summed E-state index contributed by atoms with van der Waals surface area (Å²) in [5.74, 6) is -1.44. The first kappa shape index (κ1) is 14.5. The second kappa shape index (κ2) is 5.63. The smallest absolute Gasteiger partial charge is 0.336 e. The van der Waals surface area contributed by atoms with Gasteiger partial charge in [-0.15, -0.1) is 0 Å². The monoisotopic (exact) mass is 338 g/mol. The van der Waals surface area contributed by atoms with E-state index in [9.17, 15) is 9.18 Å². The minimum Gasteiger partial charge on any atom is -0.478 e. The first-order valence-electron chi connectivity index (χ1n) is 5.86. The van der Waals surface area contributed by atoms with E-state index in [1.165, 1.54) is 12.1 Å². The van der Waals surface area contributed by atoms with Crippen LogP contribution in [-0.2, 0) is 0 Å². The van der Waals surface area contributed by atoms with Gasteiger partial charge in [-0.2, -0.15) is 0 Å². The lowest BCUT2D eigenvalue weighted by Gasteiger charge is -2.10. The van der Waals surface area contributed by atoms with Crippen molar-refractivity contribution in [3.63, 3.8) is 0 Å². The number of ether oxygens (including phenoxy) is 1. The molecule has 0 atom stereocenters. The maximum Gasteiger partial charge on any atom is 0.336 e. The summed E-state index contributed by atoms with van der Waals surface area (Å²) in [6.45, 7) is 3.83. The maximum absolute atomic E-state index is 14.1. The number of hydrogen-bond donors (Lipinski definition) is 1. The van der Waals surface area contributed by atoms with Crippen LogP contribution >= 0.6 is 15.9 Å². The highest BCUT2D eigenvalue weighted by atomic mass is 79.9. The van der Waals surface area contributed by atoms with Gasteiger partial charge in [-0.3, -0.25) is 0 Å². The molecular weight excluding hydrogens is 327 g/mol. The van der Waals surface area contributed by atoms with Crippen molar-refractivity contribution in [1.29, 1.82) is 0 Å². The van der Waals surface area contributed by atoms with Gasteiger partial charge in [0.15, 0.2) is 11.6 Å². The van der Waals surface area contributed by atoms with E-state index in [1.807, 2.05) is 19.9 Å². The Morgan fingerprint density at radius 2 is 1.80 bits per heavy atom. The van der Waals surface area contributed by atoms with E-state index in [-0.39, 0.29) is 15.8 Å². The molecule has 0 heterocycles. The van der Waals surface area contributed by atoms with Crippen LogP contribution in [0.1, 0.15) is 21.5 Å². The lowest BCUT2D eigenvalue weighted by Crippen LogP contribution is -2.00. The van der Waals surface area contributed by atoms with Crippen molar-refractivity contribution in [2.45, 2.75) is 13.8 Å². The summed E-state index contributed by atoms with van der Waals surface area (Å²) in [5.41, 5.74) is 1.86. The Morgan fingerprint density at radius 3 is 2.35 bits per heavy atom. The van der Waals surface area contributed by atoms with Gasteiger partial charge in [0.1, 0.15) is 5.75 Å². The molecule has 20 heavy (non-hydrogen) atoms. The highest BCUT2D eigenvalue weighted by molar-refractivity contribution is 9.10. The van der Waals surface area contributed by atoms with E-state index in [2.05, 4.69) is 15.9 Å². The number of rotatable bonds is 3. The van der Waals surface area contributed by atoms with Crippen molar-refractivity contribution >= 4 is 21.9 Å². The Morgan fingerprint density at radius 1 is 1.20 bits per heavy atom. The van der Waals surface area contributed by atoms with Gasteiger partial charge in [0.2, 0.25) is 0 Å². The standard InChI is InChI=1S/C15H12BrFO3/c1-8-5-9(2)7-10(6-8)20-12-4-3-11(15(18)19)13(16)14(12)17/h3-7H,1-2H3,(H,18,19). The summed E-state index contributed by atoms with van der Waals surface area (Å²) in [7, 11) is 0. The molecule has 3 nitrogen and oxygen atoms in total. The Bertz CT molecular complexity index is 663. The largest absolute Gasteiger partial charge is 0.478 e. The SMILES string of the molecule is Cc1cc(C)cc(Oc2ccc(C(=O)O)c(Br)c2F)c1. The summed E-state index contributed by atoms with van der Waals surface area (Å²) in [4.78, 5) is 10.9. The van der Waals surface area contributed by atoms with E-state index in [0.717, 1.165) is 11.1 Å². The molecule has 0 unspecified atom stereocenters. The van der Waals surface area contributed by atoms with Crippen LogP contribution < -0.4 is 4.74 Å². The molecule has 0 aliphatic rings. The van der Waals surface area contributed by atoms with Crippen molar-refractivity contribution in [1.82, 2.24) is 0 Å². The second-order valence-corrected chi connectivity index (χ2v) is 5.26. The molecule has 104 valence electrons. The van der Waals surface area contributed by atoms with Gasteiger partial charge in [0.05, 0.1) is 10.0 Å². The van der Waals surface area contributed by atoms with Crippen molar-refractivity contribution in [3.8, 4) is 11.5 Å². The van der Waals surface area contributed by atoms with Gasteiger partial charge >= 0.3 is 5.97 Å². The molecule has 0 aliphatic heterocycles. The second-order valence-electron chi connectivity index (χ2n) is 4.47. The Kier molecular flexibility index (Phi) is 4.09. The average Bonchev–Trinajstić information content (AvgIpc) is 2.33. The number of aromatic carboxylic acids is 1. The molecule has 5 heteroatoms. The van der Waals surface area contributed by atoms with Crippen molar-refractivity contribution in [3.05, 3.63) is 57.3 Å². The summed E-state index contributed by atoms with van der Waals surface area (Å²) < 4.78 is 19.4. The Labute approximate surface area is 124 Å². The molecule has 0 saturated heterocycles. The molecule has 0 bridgehead atoms. The molecule has 0 amide bonds. The van der Waals surface area contributed by atoms with Crippen LogP contribution in [0, 0.1) is 19.7 Å². The molecule has 2 aromatic carbocycles. The minimum atomic E-state index is -1.20. The number of carboxylic acids is 1. The normalized spacial score (nSPS) is 10.4. The molecule has 2 aromatic rings. The Hall–Kier alpha value is -1.88. The molecule has 0 fully saturated rings. The number of hydrogen-bond acceptors (Lipinski definition) is 2. The van der Waals surface area contributed by atoms with Gasteiger partial charge in [-0.1, -0.05) is 6.07 Å². The molecule has 0 spiro atoms. The highest BCUT2D eigenvalue weighted by Gasteiger charge is 2.17. The third kappa shape index (κ3) is 2.99. The third-order valence-corrected chi connectivity index (χ3v) is 3.48. The minimum absolute atomic E-state index is 0.0214. The summed E-state index contributed by atoms with van der Waals surface area (Å²) in [6, 6.07) is 8.15. The van der Waals surface area contributed by atoms with Crippen LogP contribution in [0.5, 0.6) is 11.5 Å². The van der Waals surface area contributed by atoms with Crippen LogP contribution in [0.3, 0.4) is 0 Å². The first-order valence-corrected chi connectivity index (χ1v) is 6.65. The third-order valence-electron chi connectivity index (χ3n) is 2.70. The van der Waals surface area contributed by atoms with E-state index in [0.29, 0.717) is 5.75 Å². The zero-order valence-electron chi connectivity index (χ0n) is 10.9.